The van der Waals surface area contributed by atoms with Gasteiger partial charge in [-0.05, 0) is 0 Å². The molecule has 0 aromatic heterocycles. The largest absolute Gasteiger partial charge is 0.952 e. The van der Waals surface area contributed by atoms with Crippen molar-refractivity contribution in [2.75, 3.05) is 0 Å². The number of hydrogen-bond acceptors (Lipinski definition) is 0. The first kappa shape index (κ1) is 5.57. The Hall–Kier alpha value is -0.563. The Labute approximate surface area is 52.4 Å². The predicted octanol–water partition coefficient (Wildman–Crippen LogP) is 1.06. The molecule has 0 aliphatic rings. The molecular formula is C7H8Si+2. The van der Waals surface area contributed by atoms with Crippen molar-refractivity contribution in [2.45, 2.75) is 6.55 Å². The number of benzene rings is 1. The van der Waals surface area contributed by atoms with Gasteiger partial charge in [0.15, 0.2) is 0 Å². The van der Waals surface area contributed by atoms with Crippen LogP contribution in [-0.4, -0.2) is 9.52 Å². The van der Waals surface area contributed by atoms with E-state index in [1.165, 1.54) is 5.19 Å². The topological polar surface area (TPSA) is 0 Å². The van der Waals surface area contributed by atoms with Crippen LogP contribution in [0.15, 0.2) is 30.3 Å². The Morgan fingerprint density at radius 3 is 2.12 bits per heavy atom. The zero-order valence-corrected chi connectivity index (χ0v) is 5.89. The molecule has 0 heterocycles. The lowest BCUT2D eigenvalue weighted by Gasteiger charge is -1.68. The molecule has 0 spiro atoms. The summed E-state index contributed by atoms with van der Waals surface area (Å²) >= 11 is 0. The molecule has 1 aromatic rings. The highest BCUT2D eigenvalue weighted by molar-refractivity contribution is 6.51. The SMILES string of the molecule is C[Si+2]c1ccccc1. The van der Waals surface area contributed by atoms with Gasteiger partial charge in [-0.25, -0.2) is 0 Å². The highest BCUT2D eigenvalue weighted by Crippen LogP contribution is 1.79. The van der Waals surface area contributed by atoms with Crippen molar-refractivity contribution in [1.82, 2.24) is 0 Å². The third kappa shape index (κ3) is 1.20. The summed E-state index contributed by atoms with van der Waals surface area (Å²) in [5, 5.41) is 1.44. The number of rotatable bonds is 1. The zero-order valence-electron chi connectivity index (χ0n) is 4.89. The van der Waals surface area contributed by atoms with Gasteiger partial charge in [0.25, 0.3) is 0 Å². The van der Waals surface area contributed by atoms with Crippen molar-refractivity contribution < 1.29 is 0 Å². The zero-order chi connectivity index (χ0) is 5.82. The van der Waals surface area contributed by atoms with Crippen molar-refractivity contribution in [2.24, 2.45) is 0 Å². The Bertz CT molecular complexity index is 146. The van der Waals surface area contributed by atoms with E-state index in [2.05, 4.69) is 30.8 Å². The predicted molar refractivity (Wildman–Crippen MR) is 37.7 cm³/mol. The van der Waals surface area contributed by atoms with E-state index in [0.717, 1.165) is 9.52 Å². The van der Waals surface area contributed by atoms with Gasteiger partial charge in [0.1, 0.15) is 0 Å². The van der Waals surface area contributed by atoms with E-state index in [9.17, 15) is 0 Å². The van der Waals surface area contributed by atoms with Gasteiger partial charge in [-0.1, -0.05) is 18.2 Å². The Kier molecular flexibility index (Phi) is 1.86. The van der Waals surface area contributed by atoms with Crippen LogP contribution in [0.5, 0.6) is 0 Å². The molecule has 0 nitrogen and oxygen atoms in total. The smallest absolute Gasteiger partial charge is 0.0618 e. The molecule has 0 fully saturated rings. The van der Waals surface area contributed by atoms with E-state index in [4.69, 9.17) is 0 Å². The van der Waals surface area contributed by atoms with Crippen molar-refractivity contribution >= 4 is 14.7 Å². The summed E-state index contributed by atoms with van der Waals surface area (Å²) in [6.45, 7) is 2.19. The monoisotopic (exact) mass is 120 g/mol. The minimum Gasteiger partial charge on any atom is -0.0618 e. The minimum absolute atomic E-state index is 0.930. The first-order valence-corrected chi connectivity index (χ1v) is 4.16. The third-order valence-corrected chi connectivity index (χ3v) is 1.97. The fourth-order valence-electron chi connectivity index (χ4n) is 0.605. The van der Waals surface area contributed by atoms with Gasteiger partial charge in [-0.3, -0.25) is 0 Å². The van der Waals surface area contributed by atoms with Crippen LogP contribution in [0.2, 0.25) is 6.55 Å². The quantitative estimate of drug-likeness (QED) is 0.486. The van der Waals surface area contributed by atoms with E-state index in [1.54, 1.807) is 0 Å². The molecule has 0 bridgehead atoms. The Balaban J connectivity index is 2.83. The lowest BCUT2D eigenvalue weighted by atomic mass is 10.4. The number of hydrogen-bond donors (Lipinski definition) is 0. The minimum atomic E-state index is 0.930. The van der Waals surface area contributed by atoms with Crippen LogP contribution in [0.4, 0.5) is 0 Å². The van der Waals surface area contributed by atoms with E-state index in [-0.39, 0.29) is 0 Å². The van der Waals surface area contributed by atoms with E-state index < -0.39 is 0 Å². The second kappa shape index (κ2) is 2.67. The molecule has 0 aliphatic carbocycles. The van der Waals surface area contributed by atoms with Crippen LogP contribution in [0, 0.1) is 0 Å². The molecule has 1 aromatic carbocycles. The van der Waals surface area contributed by atoms with Gasteiger partial charge < -0.3 is 0 Å². The van der Waals surface area contributed by atoms with Gasteiger partial charge in [-0.15, -0.1) is 0 Å². The highest BCUT2D eigenvalue weighted by Gasteiger charge is 2.26. The molecule has 0 saturated heterocycles. The first-order valence-electron chi connectivity index (χ1n) is 2.66. The Morgan fingerprint density at radius 2 is 1.75 bits per heavy atom. The molecule has 0 N–H and O–H groups in total. The molecule has 0 atom stereocenters. The second-order valence-electron chi connectivity index (χ2n) is 1.62. The maximum Gasteiger partial charge on any atom is 0.952 e. The summed E-state index contributed by atoms with van der Waals surface area (Å²) in [5.74, 6) is 0. The molecule has 1 rings (SSSR count). The summed E-state index contributed by atoms with van der Waals surface area (Å²) in [6.07, 6.45) is 0. The summed E-state index contributed by atoms with van der Waals surface area (Å²) in [4.78, 5) is 0. The van der Waals surface area contributed by atoms with Crippen LogP contribution in [-0.2, 0) is 0 Å². The van der Waals surface area contributed by atoms with Crippen molar-refractivity contribution in [3.8, 4) is 0 Å². The molecule has 1 heteroatoms. The maximum atomic E-state index is 2.19. The van der Waals surface area contributed by atoms with Crippen molar-refractivity contribution in [3.05, 3.63) is 30.3 Å². The molecule has 0 radical (unpaired) electrons. The lowest BCUT2D eigenvalue weighted by molar-refractivity contribution is 1.77. The molecule has 0 aliphatic heterocycles. The van der Waals surface area contributed by atoms with Gasteiger partial charge in [-0.2, -0.15) is 0 Å². The van der Waals surface area contributed by atoms with E-state index in [1.807, 2.05) is 6.07 Å². The second-order valence-corrected chi connectivity index (χ2v) is 2.69. The molecule has 0 unspecified atom stereocenters. The standard InChI is InChI=1S/C7H8Si/c1-8-7-5-3-2-4-6-7/h2-6H,1H3/q+2. The first-order chi connectivity index (χ1) is 3.93. The van der Waals surface area contributed by atoms with Crippen LogP contribution in [0.3, 0.4) is 0 Å². The summed E-state index contributed by atoms with van der Waals surface area (Å²) in [7, 11) is 0.930. The van der Waals surface area contributed by atoms with Gasteiger partial charge in [0.2, 0.25) is 6.55 Å². The lowest BCUT2D eigenvalue weighted by Crippen LogP contribution is -2.07. The molecule has 38 valence electrons. The van der Waals surface area contributed by atoms with Gasteiger partial charge in [0, 0.05) is 12.1 Å². The maximum absolute atomic E-state index is 2.19. The van der Waals surface area contributed by atoms with Crippen molar-refractivity contribution in [3.63, 3.8) is 0 Å². The average Bonchev–Trinajstić information content (AvgIpc) is 1.90. The fraction of sp³-hybridized carbons (Fsp3) is 0.143. The summed E-state index contributed by atoms with van der Waals surface area (Å²) < 4.78 is 0. The van der Waals surface area contributed by atoms with E-state index >= 15 is 0 Å². The third-order valence-electron chi connectivity index (χ3n) is 1.06. The van der Waals surface area contributed by atoms with Crippen molar-refractivity contribution in [1.29, 1.82) is 0 Å². The van der Waals surface area contributed by atoms with Crippen LogP contribution in [0.1, 0.15) is 0 Å². The molecule has 8 heavy (non-hydrogen) atoms. The Morgan fingerprint density at radius 1 is 1.12 bits per heavy atom. The summed E-state index contributed by atoms with van der Waals surface area (Å²) in [5.41, 5.74) is 0. The fourth-order valence-corrected chi connectivity index (χ4v) is 1.13. The normalized spacial score (nSPS) is 8.12. The molecule has 0 amide bonds. The summed E-state index contributed by atoms with van der Waals surface area (Å²) in [6, 6.07) is 10.5. The average molecular weight is 120 g/mol. The molecular weight excluding hydrogens is 112 g/mol. The molecule has 0 saturated carbocycles. The van der Waals surface area contributed by atoms with Gasteiger partial charge in [0.05, 0.1) is 0 Å². The van der Waals surface area contributed by atoms with E-state index in [0.29, 0.717) is 0 Å². The van der Waals surface area contributed by atoms with Crippen LogP contribution in [0.25, 0.3) is 0 Å². The van der Waals surface area contributed by atoms with Crippen LogP contribution < -0.4 is 5.19 Å². The van der Waals surface area contributed by atoms with Gasteiger partial charge >= 0.3 is 14.7 Å². The highest BCUT2D eigenvalue weighted by atomic mass is 28.2. The van der Waals surface area contributed by atoms with Crippen LogP contribution >= 0.6 is 0 Å².